The first-order valence-corrected chi connectivity index (χ1v) is 9.12. The Morgan fingerprint density at radius 1 is 1.43 bits per heavy atom. The molecule has 0 bridgehead atoms. The average Bonchev–Trinajstić information content (AvgIpc) is 3.11. The molecule has 28 heavy (non-hydrogen) atoms. The summed E-state index contributed by atoms with van der Waals surface area (Å²) >= 11 is 0. The van der Waals surface area contributed by atoms with Crippen molar-refractivity contribution in [1.29, 1.82) is 10.5 Å². The Kier molecular flexibility index (Phi) is 5.62. The summed E-state index contributed by atoms with van der Waals surface area (Å²) in [5, 5.41) is 26.3. The van der Waals surface area contributed by atoms with Gasteiger partial charge < -0.3 is 15.8 Å². The molecule has 8 nitrogen and oxygen atoms in total. The fourth-order valence-electron chi connectivity index (χ4n) is 3.33. The van der Waals surface area contributed by atoms with Crippen molar-refractivity contribution in [2.24, 2.45) is 11.7 Å². The highest BCUT2D eigenvalue weighted by atomic mass is 16.5. The summed E-state index contributed by atoms with van der Waals surface area (Å²) in [7, 11) is 0. The van der Waals surface area contributed by atoms with Crippen LogP contribution in [0.4, 0.5) is 11.5 Å². The quantitative estimate of drug-likeness (QED) is 0.823. The maximum Gasteiger partial charge on any atom is 0.254 e. The Morgan fingerprint density at radius 2 is 2.21 bits per heavy atom. The summed E-state index contributed by atoms with van der Waals surface area (Å²) < 4.78 is 7.07. The van der Waals surface area contributed by atoms with E-state index in [1.165, 1.54) is 0 Å². The van der Waals surface area contributed by atoms with Crippen molar-refractivity contribution < 1.29 is 9.53 Å². The molecule has 1 aromatic heterocycles. The normalized spacial score (nSPS) is 19.0. The third-order valence-corrected chi connectivity index (χ3v) is 4.89. The number of carbonyl (C=O) groups is 1. The van der Waals surface area contributed by atoms with Gasteiger partial charge in [-0.2, -0.15) is 15.6 Å². The predicted molar refractivity (Wildman–Crippen MR) is 103 cm³/mol. The van der Waals surface area contributed by atoms with Crippen LogP contribution >= 0.6 is 0 Å². The van der Waals surface area contributed by atoms with E-state index in [4.69, 9.17) is 10.5 Å². The van der Waals surface area contributed by atoms with Crippen LogP contribution in [-0.2, 0) is 4.74 Å². The summed E-state index contributed by atoms with van der Waals surface area (Å²) in [6, 6.07) is 9.56. The molecule has 0 unspecified atom stereocenters. The zero-order chi connectivity index (χ0) is 20.3. The fourth-order valence-corrected chi connectivity index (χ4v) is 3.33. The molecule has 0 saturated carbocycles. The van der Waals surface area contributed by atoms with E-state index in [1.807, 2.05) is 19.9 Å². The van der Waals surface area contributed by atoms with Crippen LogP contribution < -0.4 is 11.1 Å². The molecule has 2 aromatic rings. The highest BCUT2D eigenvalue weighted by Crippen LogP contribution is 2.30. The van der Waals surface area contributed by atoms with Crippen LogP contribution in [0.15, 0.2) is 24.4 Å². The van der Waals surface area contributed by atoms with Gasteiger partial charge in [0.25, 0.3) is 5.91 Å². The van der Waals surface area contributed by atoms with Gasteiger partial charge in [0.15, 0.2) is 5.82 Å². The van der Waals surface area contributed by atoms with Crippen LogP contribution in [0.5, 0.6) is 0 Å². The monoisotopic (exact) mass is 378 g/mol. The minimum Gasteiger partial charge on any atom is -0.379 e. The van der Waals surface area contributed by atoms with Gasteiger partial charge in [-0.1, -0.05) is 13.8 Å². The second-order valence-electron chi connectivity index (χ2n) is 7.10. The van der Waals surface area contributed by atoms with Crippen molar-refractivity contribution in [3.8, 4) is 12.1 Å². The van der Waals surface area contributed by atoms with E-state index >= 15 is 0 Å². The lowest BCUT2D eigenvalue weighted by Gasteiger charge is -2.26. The lowest BCUT2D eigenvalue weighted by Crippen LogP contribution is -2.29. The van der Waals surface area contributed by atoms with Gasteiger partial charge in [0.1, 0.15) is 5.56 Å². The van der Waals surface area contributed by atoms with Crippen LogP contribution in [0.25, 0.3) is 0 Å². The Labute approximate surface area is 163 Å². The van der Waals surface area contributed by atoms with E-state index in [0.717, 1.165) is 5.56 Å². The molecular weight excluding hydrogens is 356 g/mol. The molecule has 1 aromatic carbocycles. The summed E-state index contributed by atoms with van der Waals surface area (Å²) in [4.78, 5) is 11.9. The Bertz CT molecular complexity index is 966. The molecule has 1 fully saturated rings. The SMILES string of the molecule is CC(C)c1cc(Nc2nn([C@H]3COCC[C@@H]3C#N)cc2C(N)=O)ccc1C#N. The van der Waals surface area contributed by atoms with Crippen molar-refractivity contribution in [2.75, 3.05) is 18.5 Å². The van der Waals surface area contributed by atoms with Gasteiger partial charge in [0.05, 0.1) is 36.3 Å². The molecule has 0 radical (unpaired) electrons. The summed E-state index contributed by atoms with van der Waals surface area (Å²) in [6.07, 6.45) is 2.17. The number of benzene rings is 1. The first kappa shape index (κ1) is 19.4. The molecule has 144 valence electrons. The second-order valence-corrected chi connectivity index (χ2v) is 7.10. The maximum absolute atomic E-state index is 11.9. The lowest BCUT2D eigenvalue weighted by atomic mass is 9.97. The van der Waals surface area contributed by atoms with E-state index in [2.05, 4.69) is 22.6 Å². The van der Waals surface area contributed by atoms with Crippen molar-refractivity contribution >= 4 is 17.4 Å². The number of hydrogen-bond acceptors (Lipinski definition) is 6. The van der Waals surface area contributed by atoms with E-state index in [-0.39, 0.29) is 23.4 Å². The highest BCUT2D eigenvalue weighted by Gasteiger charge is 2.29. The molecule has 1 aliphatic rings. The first-order chi connectivity index (χ1) is 13.4. The number of nitrogens with one attached hydrogen (secondary N) is 1. The van der Waals surface area contributed by atoms with Crippen LogP contribution in [0.2, 0.25) is 0 Å². The Balaban J connectivity index is 1.95. The number of hydrogen-bond donors (Lipinski definition) is 2. The maximum atomic E-state index is 11.9. The van der Waals surface area contributed by atoms with Crippen molar-refractivity contribution in [2.45, 2.75) is 32.2 Å². The molecule has 8 heteroatoms. The Morgan fingerprint density at radius 3 is 2.86 bits per heavy atom. The van der Waals surface area contributed by atoms with E-state index in [9.17, 15) is 15.3 Å². The second kappa shape index (κ2) is 8.12. The highest BCUT2D eigenvalue weighted by molar-refractivity contribution is 5.98. The molecule has 0 aliphatic carbocycles. The van der Waals surface area contributed by atoms with Crippen LogP contribution in [0.3, 0.4) is 0 Å². The van der Waals surface area contributed by atoms with Crippen molar-refractivity contribution in [3.05, 3.63) is 41.1 Å². The third kappa shape index (κ3) is 3.83. The van der Waals surface area contributed by atoms with E-state index in [1.54, 1.807) is 23.0 Å². The van der Waals surface area contributed by atoms with Gasteiger partial charge in [-0.25, -0.2) is 0 Å². The molecule has 1 aliphatic heterocycles. The molecule has 2 heterocycles. The molecule has 2 atom stereocenters. The number of nitrogens with zero attached hydrogens (tertiary/aromatic N) is 4. The standard InChI is InChI=1S/C20H22N6O2/c1-12(2)16-7-15(4-3-13(16)8-21)24-20-17(19(23)27)10-26(25-20)18-11-28-6-5-14(18)9-22/h3-4,7,10,12,14,18H,5-6,11H2,1-2H3,(H2,23,27)(H,24,25)/t14-,18+/m1/s1. The minimum absolute atomic E-state index is 0.167. The van der Waals surface area contributed by atoms with E-state index < -0.39 is 5.91 Å². The minimum atomic E-state index is -0.614. The zero-order valence-corrected chi connectivity index (χ0v) is 15.8. The van der Waals surface area contributed by atoms with Crippen LogP contribution in [0.1, 0.15) is 53.7 Å². The van der Waals surface area contributed by atoms with Gasteiger partial charge in [0.2, 0.25) is 0 Å². The zero-order valence-electron chi connectivity index (χ0n) is 15.8. The number of nitrogens with two attached hydrogens (primary N) is 1. The van der Waals surface area contributed by atoms with Crippen LogP contribution in [0, 0.1) is 28.6 Å². The topological polar surface area (TPSA) is 130 Å². The van der Waals surface area contributed by atoms with E-state index in [0.29, 0.717) is 36.7 Å². The number of rotatable bonds is 5. The van der Waals surface area contributed by atoms with Crippen LogP contribution in [-0.4, -0.2) is 28.9 Å². The molecule has 1 amide bonds. The summed E-state index contributed by atoms with van der Waals surface area (Å²) in [5.74, 6) is -0.379. The van der Waals surface area contributed by atoms with Gasteiger partial charge in [-0.15, -0.1) is 0 Å². The van der Waals surface area contributed by atoms with Gasteiger partial charge in [-0.3, -0.25) is 9.48 Å². The smallest absolute Gasteiger partial charge is 0.254 e. The molecule has 0 spiro atoms. The molecular formula is C20H22N6O2. The Hall–Kier alpha value is -3.36. The molecule has 1 saturated heterocycles. The molecule has 3 N–H and O–H groups in total. The van der Waals surface area contributed by atoms with Gasteiger partial charge in [0, 0.05) is 18.5 Å². The average molecular weight is 378 g/mol. The number of ether oxygens (including phenoxy) is 1. The number of aromatic nitrogens is 2. The van der Waals surface area contributed by atoms with Gasteiger partial charge >= 0.3 is 0 Å². The lowest BCUT2D eigenvalue weighted by molar-refractivity contribution is 0.0342. The van der Waals surface area contributed by atoms with Crippen molar-refractivity contribution in [3.63, 3.8) is 0 Å². The summed E-state index contributed by atoms with van der Waals surface area (Å²) in [6.45, 7) is 4.90. The fraction of sp³-hybridized carbons (Fsp3) is 0.400. The van der Waals surface area contributed by atoms with Gasteiger partial charge in [-0.05, 0) is 36.1 Å². The number of primary amides is 1. The number of anilines is 2. The molecule has 3 rings (SSSR count). The number of nitriles is 2. The number of amides is 1. The number of carbonyl (C=O) groups excluding carboxylic acids is 1. The largest absolute Gasteiger partial charge is 0.379 e. The van der Waals surface area contributed by atoms with Crippen molar-refractivity contribution in [1.82, 2.24) is 9.78 Å². The predicted octanol–water partition coefficient (Wildman–Crippen LogP) is 2.82. The first-order valence-electron chi connectivity index (χ1n) is 9.12. The summed E-state index contributed by atoms with van der Waals surface area (Å²) in [5.41, 5.74) is 7.97. The third-order valence-electron chi connectivity index (χ3n) is 4.89.